The molecule has 0 amide bonds. The minimum Gasteiger partial charge on any atom is -0.207 e. The Morgan fingerprint density at radius 1 is 1.28 bits per heavy atom. The number of hydrogen-bond acceptors (Lipinski definition) is 0. The summed E-state index contributed by atoms with van der Waals surface area (Å²) in [6.45, 7) is 11.6. The van der Waals surface area contributed by atoms with Gasteiger partial charge in [0, 0.05) is 0 Å². The first kappa shape index (κ1) is 18.9. The predicted molar refractivity (Wildman–Crippen MR) is 107 cm³/mol. The second kappa shape index (κ2) is 9.17. The normalized spacial score (nSPS) is 15.0. The quantitative estimate of drug-likeness (QED) is 0.457. The summed E-state index contributed by atoms with van der Waals surface area (Å²) in [5, 5.41) is 0. The van der Waals surface area contributed by atoms with Crippen molar-refractivity contribution in [2.75, 3.05) is 0 Å². The maximum absolute atomic E-state index is 14.4. The molecule has 1 aromatic carbocycles. The Balaban J connectivity index is 2.03. The molecule has 0 atom stereocenters. The molecule has 0 aromatic heterocycles. The minimum absolute atomic E-state index is 0.105. The Hall–Kier alpha value is -2.41. The summed E-state index contributed by atoms with van der Waals surface area (Å²) in [6.07, 6.45) is 15.4. The highest BCUT2D eigenvalue weighted by Crippen LogP contribution is 2.27. The van der Waals surface area contributed by atoms with Crippen LogP contribution in [0.4, 0.5) is 4.39 Å². The van der Waals surface area contributed by atoms with E-state index in [2.05, 4.69) is 31.4 Å². The van der Waals surface area contributed by atoms with E-state index in [1.54, 1.807) is 12.1 Å². The van der Waals surface area contributed by atoms with Crippen LogP contribution in [0.1, 0.15) is 37.8 Å². The summed E-state index contributed by atoms with van der Waals surface area (Å²) in [7, 11) is 0. The highest BCUT2D eigenvalue weighted by molar-refractivity contribution is 5.49. The van der Waals surface area contributed by atoms with E-state index in [-0.39, 0.29) is 5.82 Å². The molecule has 1 aromatic rings. The van der Waals surface area contributed by atoms with E-state index in [0.717, 1.165) is 36.8 Å². The maximum Gasteiger partial charge on any atom is 0.126 e. The molecule has 130 valence electrons. The van der Waals surface area contributed by atoms with Crippen LogP contribution in [0, 0.1) is 5.82 Å². The van der Waals surface area contributed by atoms with Crippen LogP contribution < -0.4 is 0 Å². The summed E-state index contributed by atoms with van der Waals surface area (Å²) in [5.74, 6) is -0.105. The number of aryl methyl sites for hydroxylation is 1. The first-order chi connectivity index (χ1) is 12.1. The highest BCUT2D eigenvalue weighted by Gasteiger charge is 2.11. The van der Waals surface area contributed by atoms with Crippen LogP contribution in [0.2, 0.25) is 0 Å². The van der Waals surface area contributed by atoms with Crippen LogP contribution in [0.25, 0.3) is 0 Å². The molecule has 0 radical (unpaired) electrons. The smallest absolute Gasteiger partial charge is 0.126 e. The van der Waals surface area contributed by atoms with Crippen LogP contribution >= 0.6 is 0 Å². The molecule has 0 unspecified atom stereocenters. The third kappa shape index (κ3) is 5.29. The minimum atomic E-state index is -0.105. The fourth-order valence-corrected chi connectivity index (χ4v) is 3.10. The monoisotopic (exact) mass is 334 g/mol. The molecule has 1 aliphatic carbocycles. The highest BCUT2D eigenvalue weighted by atomic mass is 19.1. The van der Waals surface area contributed by atoms with Crippen molar-refractivity contribution >= 4 is 0 Å². The summed E-state index contributed by atoms with van der Waals surface area (Å²) < 4.78 is 14.4. The van der Waals surface area contributed by atoms with Gasteiger partial charge in [0.25, 0.3) is 0 Å². The second-order valence-corrected chi connectivity index (χ2v) is 6.45. The SMILES string of the molecule is C=C/C=C(\C)CCc1ccc(CC2=CCC(/C(C=C)=C/C)=C2)cc1F. The van der Waals surface area contributed by atoms with Gasteiger partial charge in [-0.2, -0.15) is 0 Å². The van der Waals surface area contributed by atoms with Crippen molar-refractivity contribution in [1.82, 2.24) is 0 Å². The Morgan fingerprint density at radius 3 is 2.72 bits per heavy atom. The van der Waals surface area contributed by atoms with Gasteiger partial charge in [-0.15, -0.1) is 0 Å². The summed E-state index contributed by atoms with van der Waals surface area (Å²) in [5.41, 5.74) is 6.72. The van der Waals surface area contributed by atoms with Gasteiger partial charge in [0.1, 0.15) is 5.82 Å². The number of rotatable bonds is 8. The van der Waals surface area contributed by atoms with E-state index in [0.29, 0.717) is 0 Å². The molecule has 0 saturated carbocycles. The molecule has 0 saturated heterocycles. The molecule has 25 heavy (non-hydrogen) atoms. The van der Waals surface area contributed by atoms with Gasteiger partial charge in [-0.05, 0) is 73.4 Å². The Kier molecular flexibility index (Phi) is 6.94. The van der Waals surface area contributed by atoms with Crippen molar-refractivity contribution in [3.05, 3.63) is 107 Å². The number of benzene rings is 1. The van der Waals surface area contributed by atoms with Gasteiger partial charge in [-0.25, -0.2) is 4.39 Å². The van der Waals surface area contributed by atoms with Crippen LogP contribution in [0.3, 0.4) is 0 Å². The van der Waals surface area contributed by atoms with Crippen molar-refractivity contribution < 1.29 is 4.39 Å². The van der Waals surface area contributed by atoms with E-state index >= 15 is 0 Å². The fourth-order valence-electron chi connectivity index (χ4n) is 3.10. The Morgan fingerprint density at radius 2 is 2.08 bits per heavy atom. The summed E-state index contributed by atoms with van der Waals surface area (Å²) in [4.78, 5) is 0. The van der Waals surface area contributed by atoms with Gasteiger partial charge in [0.05, 0.1) is 0 Å². The van der Waals surface area contributed by atoms with Crippen molar-refractivity contribution in [3.63, 3.8) is 0 Å². The molecule has 0 aliphatic heterocycles. The summed E-state index contributed by atoms with van der Waals surface area (Å²) >= 11 is 0. The molecule has 0 nitrogen and oxygen atoms in total. The summed E-state index contributed by atoms with van der Waals surface area (Å²) in [6, 6.07) is 5.65. The zero-order valence-electron chi connectivity index (χ0n) is 15.3. The Labute approximate surface area is 151 Å². The first-order valence-corrected chi connectivity index (χ1v) is 8.81. The van der Waals surface area contributed by atoms with Crippen LogP contribution in [0.15, 0.2) is 90.1 Å². The Bertz CT molecular complexity index is 769. The first-order valence-electron chi connectivity index (χ1n) is 8.81. The molecule has 1 aliphatic rings. The zero-order valence-corrected chi connectivity index (χ0v) is 15.3. The number of hydrogen-bond donors (Lipinski definition) is 0. The largest absolute Gasteiger partial charge is 0.207 e. The molecule has 1 heteroatoms. The van der Waals surface area contributed by atoms with E-state index in [9.17, 15) is 4.39 Å². The van der Waals surface area contributed by atoms with E-state index in [1.165, 1.54) is 22.3 Å². The lowest BCUT2D eigenvalue weighted by Crippen LogP contribution is -1.95. The van der Waals surface area contributed by atoms with Gasteiger partial charge in [-0.1, -0.05) is 67.3 Å². The lowest BCUT2D eigenvalue weighted by Gasteiger charge is -2.07. The van der Waals surface area contributed by atoms with Crippen molar-refractivity contribution in [3.8, 4) is 0 Å². The van der Waals surface area contributed by atoms with Crippen LogP contribution in [-0.2, 0) is 12.8 Å². The van der Waals surface area contributed by atoms with E-state index in [4.69, 9.17) is 0 Å². The van der Waals surface area contributed by atoms with Crippen LogP contribution in [0.5, 0.6) is 0 Å². The predicted octanol–water partition coefficient (Wildman–Crippen LogP) is 6.82. The van der Waals surface area contributed by atoms with Crippen molar-refractivity contribution in [2.45, 2.75) is 39.5 Å². The van der Waals surface area contributed by atoms with E-state index < -0.39 is 0 Å². The van der Waals surface area contributed by atoms with Crippen molar-refractivity contribution in [1.29, 1.82) is 0 Å². The van der Waals surface area contributed by atoms with Gasteiger partial charge in [0.15, 0.2) is 0 Å². The average molecular weight is 334 g/mol. The fraction of sp³-hybridized carbons (Fsp3) is 0.250. The third-order valence-electron chi connectivity index (χ3n) is 4.56. The van der Waals surface area contributed by atoms with Gasteiger partial charge >= 0.3 is 0 Å². The zero-order chi connectivity index (χ0) is 18.2. The number of halogens is 1. The molecule has 0 N–H and O–H groups in total. The van der Waals surface area contributed by atoms with E-state index in [1.807, 2.05) is 38.1 Å². The van der Waals surface area contributed by atoms with Crippen molar-refractivity contribution in [2.24, 2.45) is 0 Å². The van der Waals surface area contributed by atoms with Crippen LogP contribution in [-0.4, -0.2) is 0 Å². The van der Waals surface area contributed by atoms with Gasteiger partial charge in [0.2, 0.25) is 0 Å². The molecular formula is C24H27F. The lowest BCUT2D eigenvalue weighted by molar-refractivity contribution is 0.606. The number of allylic oxidation sites excluding steroid dienone is 10. The molecule has 0 heterocycles. The molecule has 0 bridgehead atoms. The second-order valence-electron chi connectivity index (χ2n) is 6.45. The molecule has 0 fully saturated rings. The molecular weight excluding hydrogens is 307 g/mol. The lowest BCUT2D eigenvalue weighted by atomic mass is 10.00. The maximum atomic E-state index is 14.4. The molecule has 0 spiro atoms. The topological polar surface area (TPSA) is 0 Å². The van der Waals surface area contributed by atoms with Gasteiger partial charge in [-0.3, -0.25) is 0 Å². The third-order valence-corrected chi connectivity index (χ3v) is 4.56. The average Bonchev–Trinajstić information content (AvgIpc) is 3.04. The molecule has 2 rings (SSSR count). The van der Waals surface area contributed by atoms with Gasteiger partial charge < -0.3 is 0 Å². The standard InChI is InChI=1S/C24H27F/c1-5-8-18(4)9-12-22-13-10-20(17-24(22)25)15-19-11-14-23(16-19)21(6-2)7-3/h5-8,10-11,13,16-17H,1-2,9,12,14-15H2,3-4H3/b18-8+,21-7+.